The van der Waals surface area contributed by atoms with Crippen molar-refractivity contribution in [3.05, 3.63) is 0 Å². The number of carbonyl (C=O) groups excluding carboxylic acids is 1. The number of nitrogens with one attached hydrogen (secondary N) is 1. The van der Waals surface area contributed by atoms with Gasteiger partial charge < -0.3 is 10.2 Å². The Morgan fingerprint density at radius 2 is 1.85 bits per heavy atom. The van der Waals surface area contributed by atoms with Gasteiger partial charge >= 0.3 is 0 Å². The third-order valence-electron chi connectivity index (χ3n) is 5.17. The molecular weight excluding hydrogens is 272 g/mol. The van der Waals surface area contributed by atoms with Crippen molar-refractivity contribution >= 4 is 18.3 Å². The van der Waals surface area contributed by atoms with Crippen molar-refractivity contribution in [3.8, 4) is 0 Å². The zero-order valence-electron chi connectivity index (χ0n) is 13.4. The van der Waals surface area contributed by atoms with Crippen LogP contribution in [-0.2, 0) is 4.79 Å². The van der Waals surface area contributed by atoms with E-state index in [0.717, 1.165) is 32.1 Å². The highest BCUT2D eigenvalue weighted by Gasteiger charge is 2.33. The first kappa shape index (κ1) is 17.8. The van der Waals surface area contributed by atoms with Crippen molar-refractivity contribution in [2.75, 3.05) is 26.2 Å². The van der Waals surface area contributed by atoms with E-state index in [0.29, 0.717) is 17.2 Å². The smallest absolute Gasteiger partial charge is 0.225 e. The average Bonchev–Trinajstić information content (AvgIpc) is 2.50. The molecule has 0 aromatic rings. The summed E-state index contributed by atoms with van der Waals surface area (Å²) in [5, 5.41) is 3.27. The zero-order chi connectivity index (χ0) is 14.0. The van der Waals surface area contributed by atoms with E-state index >= 15 is 0 Å². The first-order chi connectivity index (χ1) is 8.89. The molecule has 2 heterocycles. The number of rotatable bonds is 2. The Morgan fingerprint density at radius 1 is 1.20 bits per heavy atom. The standard InChI is InChI=1S/C16H30N2O.ClH/c1-12(13-10-17-11-13)15(19)18-8-5-6-14(7-9-18)16(2,3)4;/h12-14,17H,5-11H2,1-4H3;1H. The van der Waals surface area contributed by atoms with Crippen LogP contribution in [0.3, 0.4) is 0 Å². The molecule has 118 valence electrons. The van der Waals surface area contributed by atoms with Gasteiger partial charge in [-0.15, -0.1) is 12.4 Å². The van der Waals surface area contributed by atoms with E-state index in [-0.39, 0.29) is 18.3 Å². The van der Waals surface area contributed by atoms with Crippen molar-refractivity contribution in [2.24, 2.45) is 23.2 Å². The summed E-state index contributed by atoms with van der Waals surface area (Å²) in [4.78, 5) is 14.7. The molecule has 2 saturated heterocycles. The van der Waals surface area contributed by atoms with Gasteiger partial charge in [0.05, 0.1) is 0 Å². The number of carbonyl (C=O) groups is 1. The Labute approximate surface area is 130 Å². The molecule has 0 bridgehead atoms. The number of amides is 1. The fourth-order valence-electron chi connectivity index (χ4n) is 3.34. The van der Waals surface area contributed by atoms with E-state index in [1.165, 1.54) is 19.3 Å². The van der Waals surface area contributed by atoms with Crippen LogP contribution in [0.1, 0.15) is 47.0 Å². The van der Waals surface area contributed by atoms with E-state index in [2.05, 4.69) is 37.9 Å². The minimum Gasteiger partial charge on any atom is -0.342 e. The van der Waals surface area contributed by atoms with Crippen molar-refractivity contribution in [2.45, 2.75) is 47.0 Å². The van der Waals surface area contributed by atoms with Crippen molar-refractivity contribution in [1.82, 2.24) is 10.2 Å². The Balaban J connectivity index is 0.00000200. The molecular formula is C16H31ClN2O. The molecule has 2 atom stereocenters. The first-order valence-corrected chi connectivity index (χ1v) is 7.89. The maximum atomic E-state index is 12.5. The summed E-state index contributed by atoms with van der Waals surface area (Å²) >= 11 is 0. The molecule has 20 heavy (non-hydrogen) atoms. The van der Waals surface area contributed by atoms with Gasteiger partial charge in [-0.3, -0.25) is 4.79 Å². The van der Waals surface area contributed by atoms with Gasteiger partial charge in [-0.25, -0.2) is 0 Å². The van der Waals surface area contributed by atoms with E-state index in [4.69, 9.17) is 0 Å². The Morgan fingerprint density at radius 3 is 2.35 bits per heavy atom. The summed E-state index contributed by atoms with van der Waals surface area (Å²) in [6.45, 7) is 13.1. The van der Waals surface area contributed by atoms with Crippen molar-refractivity contribution < 1.29 is 4.79 Å². The van der Waals surface area contributed by atoms with Gasteiger partial charge in [0.15, 0.2) is 0 Å². The lowest BCUT2D eigenvalue weighted by molar-refractivity contribution is -0.137. The second kappa shape index (κ2) is 7.13. The number of likely N-dealkylation sites (tertiary alicyclic amines) is 1. The van der Waals surface area contributed by atoms with Crippen LogP contribution in [0.15, 0.2) is 0 Å². The Bertz CT molecular complexity index is 323. The summed E-state index contributed by atoms with van der Waals surface area (Å²) in [7, 11) is 0. The average molecular weight is 303 g/mol. The highest BCUT2D eigenvalue weighted by molar-refractivity contribution is 5.85. The van der Waals surface area contributed by atoms with E-state index < -0.39 is 0 Å². The normalized spacial score (nSPS) is 26.2. The summed E-state index contributed by atoms with van der Waals surface area (Å²) in [5.41, 5.74) is 0.378. The third-order valence-corrected chi connectivity index (χ3v) is 5.17. The zero-order valence-corrected chi connectivity index (χ0v) is 14.3. The fourth-order valence-corrected chi connectivity index (χ4v) is 3.34. The number of hydrogen-bond donors (Lipinski definition) is 1. The van der Waals surface area contributed by atoms with Gasteiger partial charge in [-0.1, -0.05) is 27.7 Å². The summed E-state index contributed by atoms with van der Waals surface area (Å²) < 4.78 is 0. The van der Waals surface area contributed by atoms with Crippen molar-refractivity contribution in [3.63, 3.8) is 0 Å². The topological polar surface area (TPSA) is 32.3 Å². The summed E-state index contributed by atoms with van der Waals surface area (Å²) in [6, 6.07) is 0. The third kappa shape index (κ3) is 4.11. The monoisotopic (exact) mass is 302 g/mol. The summed E-state index contributed by atoms with van der Waals surface area (Å²) in [5.74, 6) is 1.91. The molecule has 2 fully saturated rings. The highest BCUT2D eigenvalue weighted by Crippen LogP contribution is 2.34. The van der Waals surface area contributed by atoms with Gasteiger partial charge in [0.1, 0.15) is 0 Å². The SMILES string of the molecule is CC(C(=O)N1CCCC(C(C)(C)C)CC1)C1CNC1.Cl. The number of nitrogens with zero attached hydrogens (tertiary/aromatic N) is 1. The van der Waals surface area contributed by atoms with Crippen LogP contribution in [-0.4, -0.2) is 37.0 Å². The van der Waals surface area contributed by atoms with Gasteiger partial charge in [0, 0.05) is 19.0 Å². The Kier molecular flexibility index (Phi) is 6.33. The van der Waals surface area contributed by atoms with Gasteiger partial charge in [0.2, 0.25) is 5.91 Å². The molecule has 2 unspecified atom stereocenters. The van der Waals surface area contributed by atoms with Crippen LogP contribution in [0, 0.1) is 23.2 Å². The molecule has 1 N–H and O–H groups in total. The maximum Gasteiger partial charge on any atom is 0.225 e. The first-order valence-electron chi connectivity index (χ1n) is 7.89. The molecule has 2 aliphatic rings. The van der Waals surface area contributed by atoms with E-state index in [1.54, 1.807) is 0 Å². The number of hydrogen-bond acceptors (Lipinski definition) is 2. The molecule has 0 radical (unpaired) electrons. The van der Waals surface area contributed by atoms with Crippen LogP contribution in [0.2, 0.25) is 0 Å². The largest absolute Gasteiger partial charge is 0.342 e. The lowest BCUT2D eigenvalue weighted by Crippen LogP contribution is -2.50. The predicted octanol–water partition coefficient (Wildman–Crippen LogP) is 2.94. The van der Waals surface area contributed by atoms with Gasteiger partial charge in [0.25, 0.3) is 0 Å². The second-order valence-electron chi connectivity index (χ2n) is 7.53. The molecule has 0 saturated carbocycles. The molecule has 0 aromatic carbocycles. The lowest BCUT2D eigenvalue weighted by Gasteiger charge is -2.35. The quantitative estimate of drug-likeness (QED) is 0.850. The molecule has 2 rings (SSSR count). The predicted molar refractivity (Wildman–Crippen MR) is 86.1 cm³/mol. The minimum atomic E-state index is 0. The molecule has 0 spiro atoms. The molecule has 1 amide bonds. The van der Waals surface area contributed by atoms with Crippen LogP contribution in [0.25, 0.3) is 0 Å². The highest BCUT2D eigenvalue weighted by atomic mass is 35.5. The van der Waals surface area contributed by atoms with E-state index in [1.807, 2.05) is 0 Å². The molecule has 4 heteroatoms. The minimum absolute atomic E-state index is 0. The lowest BCUT2D eigenvalue weighted by atomic mass is 9.77. The summed E-state index contributed by atoms with van der Waals surface area (Å²) in [6.07, 6.45) is 3.61. The van der Waals surface area contributed by atoms with Gasteiger partial charge in [-0.05, 0) is 49.6 Å². The maximum absolute atomic E-state index is 12.5. The van der Waals surface area contributed by atoms with Crippen LogP contribution in [0.4, 0.5) is 0 Å². The molecule has 0 aromatic heterocycles. The van der Waals surface area contributed by atoms with Crippen LogP contribution in [0.5, 0.6) is 0 Å². The van der Waals surface area contributed by atoms with Crippen LogP contribution >= 0.6 is 12.4 Å². The van der Waals surface area contributed by atoms with Gasteiger partial charge in [-0.2, -0.15) is 0 Å². The molecule has 0 aliphatic carbocycles. The van der Waals surface area contributed by atoms with Crippen LogP contribution < -0.4 is 5.32 Å². The molecule has 3 nitrogen and oxygen atoms in total. The Hall–Kier alpha value is -0.280. The fraction of sp³-hybridized carbons (Fsp3) is 0.938. The van der Waals surface area contributed by atoms with E-state index in [9.17, 15) is 4.79 Å². The second-order valence-corrected chi connectivity index (χ2v) is 7.53. The number of halogens is 1. The van der Waals surface area contributed by atoms with Crippen molar-refractivity contribution in [1.29, 1.82) is 0 Å². The molecule has 2 aliphatic heterocycles.